The van der Waals surface area contributed by atoms with Crippen LogP contribution in [0.15, 0.2) is 0 Å². The van der Waals surface area contributed by atoms with E-state index in [0.29, 0.717) is 0 Å². The predicted octanol–water partition coefficient (Wildman–Crippen LogP) is 5.95. The Kier molecular flexibility index (Phi) is 6.46. The van der Waals surface area contributed by atoms with Crippen molar-refractivity contribution in [3.63, 3.8) is 0 Å². The summed E-state index contributed by atoms with van der Waals surface area (Å²) in [6.07, 6.45) is 16.2. The molecule has 0 bridgehead atoms. The van der Waals surface area contributed by atoms with Crippen molar-refractivity contribution in [3.8, 4) is 0 Å². The van der Waals surface area contributed by atoms with Gasteiger partial charge in [-0.05, 0) is 30.6 Å². The highest BCUT2D eigenvalue weighted by molar-refractivity contribution is 4.88. The van der Waals surface area contributed by atoms with E-state index < -0.39 is 0 Å². The second-order valence-corrected chi connectivity index (χ2v) is 5.88. The number of hydrogen-bond acceptors (Lipinski definition) is 0. The van der Waals surface area contributed by atoms with Crippen molar-refractivity contribution in [1.82, 2.24) is 0 Å². The first-order chi connectivity index (χ1) is 7.79. The summed E-state index contributed by atoms with van der Waals surface area (Å²) < 4.78 is 0. The van der Waals surface area contributed by atoms with Gasteiger partial charge in [0.2, 0.25) is 0 Å². The van der Waals surface area contributed by atoms with Crippen molar-refractivity contribution < 1.29 is 0 Å². The van der Waals surface area contributed by atoms with Crippen LogP contribution in [-0.2, 0) is 0 Å². The van der Waals surface area contributed by atoms with Gasteiger partial charge < -0.3 is 0 Å². The lowest BCUT2D eigenvalue weighted by molar-refractivity contribution is 0.0706. The average Bonchev–Trinajstić information content (AvgIpc) is 2.35. The quantitative estimate of drug-likeness (QED) is 0.468. The Balaban J connectivity index is 2.45. The Hall–Kier alpha value is 0. The first-order valence-electron chi connectivity index (χ1n) is 7.79. The molecule has 16 heavy (non-hydrogen) atoms. The topological polar surface area (TPSA) is 0 Å². The van der Waals surface area contributed by atoms with Crippen molar-refractivity contribution in [2.75, 3.05) is 0 Å². The highest BCUT2D eigenvalue weighted by Gasteiger charge is 2.37. The van der Waals surface area contributed by atoms with Gasteiger partial charge in [-0.3, -0.25) is 0 Å². The summed E-state index contributed by atoms with van der Waals surface area (Å²) in [6, 6.07) is 0. The summed E-state index contributed by atoms with van der Waals surface area (Å²) in [7, 11) is 0. The Morgan fingerprint density at radius 1 is 1.00 bits per heavy atom. The summed E-state index contributed by atoms with van der Waals surface area (Å²) >= 11 is 0. The molecule has 0 heterocycles. The van der Waals surface area contributed by atoms with Crippen molar-refractivity contribution in [2.24, 2.45) is 11.3 Å². The highest BCUT2D eigenvalue weighted by atomic mass is 14.4. The first kappa shape index (κ1) is 14.1. The molecule has 0 aliphatic heterocycles. The maximum atomic E-state index is 2.44. The molecule has 0 nitrogen and oxygen atoms in total. The van der Waals surface area contributed by atoms with Crippen LogP contribution in [0.1, 0.15) is 91.4 Å². The molecule has 96 valence electrons. The van der Waals surface area contributed by atoms with E-state index in [4.69, 9.17) is 0 Å². The van der Waals surface area contributed by atoms with E-state index in [-0.39, 0.29) is 0 Å². The Labute approximate surface area is 103 Å². The molecule has 1 saturated carbocycles. The minimum Gasteiger partial charge on any atom is -0.0654 e. The summed E-state index contributed by atoms with van der Waals surface area (Å²) in [5.41, 5.74) is 0.737. The largest absolute Gasteiger partial charge is 0.0654 e. The summed E-state index contributed by atoms with van der Waals surface area (Å²) in [4.78, 5) is 0. The highest BCUT2D eigenvalue weighted by Crippen LogP contribution is 2.48. The summed E-state index contributed by atoms with van der Waals surface area (Å²) in [5.74, 6) is 1.04. The van der Waals surface area contributed by atoms with Crippen molar-refractivity contribution >= 4 is 0 Å². The maximum absolute atomic E-state index is 2.44. The minimum absolute atomic E-state index is 0.737. The van der Waals surface area contributed by atoms with Gasteiger partial charge in [-0.25, -0.2) is 0 Å². The molecule has 0 aromatic carbocycles. The van der Waals surface area contributed by atoms with Crippen LogP contribution in [0.2, 0.25) is 0 Å². The molecule has 0 heteroatoms. The first-order valence-corrected chi connectivity index (χ1v) is 7.79. The SMILES string of the molecule is CCCCCCC1(CC)CCCCC1CC. The van der Waals surface area contributed by atoms with E-state index in [9.17, 15) is 0 Å². The molecule has 2 atom stereocenters. The van der Waals surface area contributed by atoms with Crippen molar-refractivity contribution in [3.05, 3.63) is 0 Å². The molecule has 1 aliphatic rings. The zero-order chi connectivity index (χ0) is 11.9. The van der Waals surface area contributed by atoms with Gasteiger partial charge in [0.1, 0.15) is 0 Å². The molecule has 1 rings (SSSR count). The zero-order valence-electron chi connectivity index (χ0n) is 11.9. The molecule has 0 amide bonds. The molecule has 0 N–H and O–H groups in total. The third-order valence-electron chi connectivity index (χ3n) is 5.07. The van der Waals surface area contributed by atoms with Gasteiger partial charge in [0, 0.05) is 0 Å². The second kappa shape index (κ2) is 7.35. The smallest absolute Gasteiger partial charge is 0.0272 e. The lowest BCUT2D eigenvalue weighted by Gasteiger charge is -2.44. The van der Waals surface area contributed by atoms with E-state index in [2.05, 4.69) is 20.8 Å². The Bertz CT molecular complexity index is 173. The Morgan fingerprint density at radius 2 is 1.81 bits per heavy atom. The van der Waals surface area contributed by atoms with Crippen LogP contribution in [0.25, 0.3) is 0 Å². The van der Waals surface area contributed by atoms with Crippen LogP contribution in [0.3, 0.4) is 0 Å². The third kappa shape index (κ3) is 3.50. The molecule has 0 saturated heterocycles. The molecule has 1 aliphatic carbocycles. The number of hydrogen-bond donors (Lipinski definition) is 0. The van der Waals surface area contributed by atoms with E-state index in [1.54, 1.807) is 0 Å². The summed E-state index contributed by atoms with van der Waals surface area (Å²) in [6.45, 7) is 7.16. The van der Waals surface area contributed by atoms with E-state index in [1.807, 2.05) is 0 Å². The lowest BCUT2D eigenvalue weighted by atomic mass is 9.61. The molecule has 0 aromatic rings. The normalized spacial score (nSPS) is 30.6. The summed E-state index contributed by atoms with van der Waals surface area (Å²) in [5, 5.41) is 0. The van der Waals surface area contributed by atoms with Crippen LogP contribution < -0.4 is 0 Å². The van der Waals surface area contributed by atoms with Gasteiger partial charge in [0.05, 0.1) is 0 Å². The molecular weight excluding hydrogens is 192 g/mol. The third-order valence-corrected chi connectivity index (χ3v) is 5.07. The van der Waals surface area contributed by atoms with Crippen LogP contribution in [0, 0.1) is 11.3 Å². The fourth-order valence-corrected chi connectivity index (χ4v) is 3.89. The zero-order valence-corrected chi connectivity index (χ0v) is 11.9. The standard InChI is InChI=1S/C16H32/c1-4-7-8-10-13-16(6-3)14-11-9-12-15(16)5-2/h15H,4-14H2,1-3H3. The van der Waals surface area contributed by atoms with Crippen molar-refractivity contribution in [2.45, 2.75) is 91.4 Å². The van der Waals surface area contributed by atoms with Crippen molar-refractivity contribution in [1.29, 1.82) is 0 Å². The lowest BCUT2D eigenvalue weighted by Crippen LogP contribution is -2.33. The van der Waals surface area contributed by atoms with E-state index in [0.717, 1.165) is 11.3 Å². The molecule has 0 aromatic heterocycles. The fraction of sp³-hybridized carbons (Fsp3) is 1.00. The van der Waals surface area contributed by atoms with E-state index in [1.165, 1.54) is 70.6 Å². The van der Waals surface area contributed by atoms with Gasteiger partial charge in [-0.15, -0.1) is 0 Å². The molecule has 0 radical (unpaired) electrons. The second-order valence-electron chi connectivity index (χ2n) is 5.88. The van der Waals surface area contributed by atoms with E-state index >= 15 is 0 Å². The maximum Gasteiger partial charge on any atom is -0.0272 e. The van der Waals surface area contributed by atoms with Gasteiger partial charge in [0.25, 0.3) is 0 Å². The van der Waals surface area contributed by atoms with Crippen LogP contribution in [0.4, 0.5) is 0 Å². The number of rotatable bonds is 7. The predicted molar refractivity (Wildman–Crippen MR) is 73.7 cm³/mol. The van der Waals surface area contributed by atoms with Gasteiger partial charge in [0.15, 0.2) is 0 Å². The van der Waals surface area contributed by atoms with Crippen LogP contribution in [-0.4, -0.2) is 0 Å². The molecule has 0 spiro atoms. The van der Waals surface area contributed by atoms with Gasteiger partial charge in [-0.1, -0.05) is 72.1 Å². The molecule has 2 unspecified atom stereocenters. The average molecular weight is 224 g/mol. The van der Waals surface area contributed by atoms with Gasteiger partial charge in [-0.2, -0.15) is 0 Å². The molecule has 1 fully saturated rings. The van der Waals surface area contributed by atoms with Gasteiger partial charge >= 0.3 is 0 Å². The number of unbranched alkanes of at least 4 members (excludes halogenated alkanes) is 3. The minimum atomic E-state index is 0.737. The molecular formula is C16H32. The Morgan fingerprint density at radius 3 is 2.44 bits per heavy atom. The van der Waals surface area contributed by atoms with Crippen LogP contribution in [0.5, 0.6) is 0 Å². The monoisotopic (exact) mass is 224 g/mol. The van der Waals surface area contributed by atoms with Crippen LogP contribution >= 0.6 is 0 Å². The fourth-order valence-electron chi connectivity index (χ4n) is 3.89.